The normalized spacial score (nSPS) is 12.7. The molecule has 44 heavy (non-hydrogen) atoms. The molecule has 2 atom stereocenters. The lowest BCUT2D eigenvalue weighted by Gasteiger charge is -2.32. The van der Waals surface area contributed by atoms with Gasteiger partial charge in [-0.3, -0.25) is 14.4 Å². The Bertz CT molecular complexity index is 1240. The number of ether oxygens (including phenoxy) is 2. The predicted molar refractivity (Wildman–Crippen MR) is 164 cm³/mol. The van der Waals surface area contributed by atoms with E-state index in [-0.39, 0.29) is 17.7 Å². The molecule has 1 aromatic carbocycles. The molecule has 0 spiro atoms. The summed E-state index contributed by atoms with van der Waals surface area (Å²) in [5, 5.41) is 6.33. The van der Waals surface area contributed by atoms with Crippen molar-refractivity contribution >= 4 is 38.1 Å². The van der Waals surface area contributed by atoms with Gasteiger partial charge in [-0.2, -0.15) is 5.06 Å². The van der Waals surface area contributed by atoms with Crippen LogP contribution in [0.3, 0.4) is 0 Å². The number of rotatable bonds is 17. The number of carbonyl (C=O) groups excluding carboxylic acids is 4. The molecule has 1 heterocycles. The summed E-state index contributed by atoms with van der Waals surface area (Å²) >= 11 is 0. The van der Waals surface area contributed by atoms with E-state index in [9.17, 15) is 29.0 Å². The summed E-state index contributed by atoms with van der Waals surface area (Å²) in [7, 11) is -2.38. The maximum atomic E-state index is 13.3. The van der Waals surface area contributed by atoms with E-state index in [1.54, 1.807) is 46.8 Å². The molecule has 2 rings (SSSR count). The molecule has 14 heteroatoms. The Labute approximate surface area is 259 Å². The Morgan fingerprint density at radius 3 is 2.39 bits per heavy atom. The first-order valence-corrected chi connectivity index (χ1v) is 15.8. The van der Waals surface area contributed by atoms with Gasteiger partial charge in [0.2, 0.25) is 12.3 Å². The fourth-order valence-electron chi connectivity index (χ4n) is 4.41. The Hall–Kier alpha value is -3.67. The predicted octanol–water partition coefficient (Wildman–Crippen LogP) is 4.37. The monoisotopic (exact) mass is 637 g/mol. The third-order valence-electron chi connectivity index (χ3n) is 6.40. The van der Waals surface area contributed by atoms with Gasteiger partial charge in [0.1, 0.15) is 17.1 Å². The molecule has 0 fully saturated rings. The average Bonchev–Trinajstić information content (AvgIpc) is 3.46. The number of nitrogens with one attached hydrogen (secondary N) is 2. The van der Waals surface area contributed by atoms with Crippen LogP contribution < -0.4 is 20.7 Å². The number of hydrogen-bond donors (Lipinski definition) is 4. The highest BCUT2D eigenvalue weighted by Crippen LogP contribution is 2.31. The number of nitrogens with zero attached hydrogens (tertiary/aromatic N) is 1. The Morgan fingerprint density at radius 1 is 1.07 bits per heavy atom. The minimum atomic E-state index is -2.38. The number of benzene rings is 1. The van der Waals surface area contributed by atoms with Crippen molar-refractivity contribution in [2.24, 2.45) is 5.92 Å². The maximum absolute atomic E-state index is 13.3. The highest BCUT2D eigenvalue weighted by Gasteiger charge is 2.34. The minimum absolute atomic E-state index is 0.0308. The second-order valence-electron chi connectivity index (χ2n) is 10.9. The number of furan rings is 1. The average molecular weight is 638 g/mol. The van der Waals surface area contributed by atoms with Gasteiger partial charge in [-0.05, 0) is 70.9 Å². The molecule has 0 radical (unpaired) electrons. The van der Waals surface area contributed by atoms with Gasteiger partial charge in [0.15, 0.2) is 14.1 Å². The number of carbonyl (C=O) groups is 4. The highest BCUT2D eigenvalue weighted by atomic mass is 31.2. The van der Waals surface area contributed by atoms with Gasteiger partial charge in [0, 0.05) is 10.9 Å². The van der Waals surface area contributed by atoms with Gasteiger partial charge >= 0.3 is 6.16 Å². The first kappa shape index (κ1) is 36.5. The molecule has 2 aromatic rings. The van der Waals surface area contributed by atoms with Crippen LogP contribution in [0.5, 0.6) is 5.75 Å². The van der Waals surface area contributed by atoms with Crippen LogP contribution in [0.1, 0.15) is 84.2 Å². The topological polar surface area (TPSA) is 177 Å². The summed E-state index contributed by atoms with van der Waals surface area (Å²) in [6.45, 7) is 10.7. The lowest BCUT2D eigenvalue weighted by molar-refractivity contribution is -0.182. The van der Waals surface area contributed by atoms with Gasteiger partial charge in [0.25, 0.3) is 5.91 Å². The first-order valence-electron chi connectivity index (χ1n) is 14.6. The third-order valence-corrected chi connectivity index (χ3v) is 7.12. The Kier molecular flexibility index (Phi) is 14.6. The molecule has 0 aliphatic rings. The van der Waals surface area contributed by atoms with Crippen molar-refractivity contribution in [2.75, 3.05) is 13.3 Å². The van der Waals surface area contributed by atoms with E-state index >= 15 is 0 Å². The van der Waals surface area contributed by atoms with E-state index in [2.05, 4.69) is 10.6 Å². The smallest absolute Gasteiger partial charge is 0.494 e. The van der Waals surface area contributed by atoms with Gasteiger partial charge in [-0.25, -0.2) is 4.79 Å². The second kappa shape index (κ2) is 17.6. The molecule has 0 saturated heterocycles. The van der Waals surface area contributed by atoms with Gasteiger partial charge in [0.05, 0.1) is 25.2 Å². The lowest BCUT2D eigenvalue weighted by Crippen LogP contribution is -2.49. The Morgan fingerprint density at radius 2 is 1.80 bits per heavy atom. The van der Waals surface area contributed by atoms with E-state index < -0.39 is 43.9 Å². The zero-order chi connectivity index (χ0) is 32.9. The molecule has 0 saturated carbocycles. The van der Waals surface area contributed by atoms with Gasteiger partial charge < -0.3 is 39.1 Å². The van der Waals surface area contributed by atoms with Crippen molar-refractivity contribution in [1.29, 1.82) is 0 Å². The molecular weight excluding hydrogens is 593 g/mol. The molecule has 244 valence electrons. The highest BCUT2D eigenvalue weighted by molar-refractivity contribution is 7.54. The zero-order valence-electron chi connectivity index (χ0n) is 26.1. The van der Waals surface area contributed by atoms with Crippen LogP contribution in [-0.4, -0.2) is 64.1 Å². The van der Waals surface area contributed by atoms with Crippen molar-refractivity contribution < 1.29 is 47.7 Å². The summed E-state index contributed by atoms with van der Waals surface area (Å²) in [5.41, 5.74) is -0.347. The molecule has 0 aliphatic heterocycles. The van der Waals surface area contributed by atoms with E-state index in [1.807, 2.05) is 6.92 Å². The standard InChI is InChI=1S/C30H44N3O10P/c1-7-10-11-12-23(24(8-2)33(19-34)43-29(37)42-30(4,5)6)27(35)31-18-32-28(36)26-14-13-25(41-26)20-15-21(40-9-3)17-22(16-20)44(38)39/h13-17,19,23-24,38-39H,7-12,18H2,1-6H3,(H,31,35)(H,32,36). The van der Waals surface area contributed by atoms with Crippen molar-refractivity contribution in [3.63, 3.8) is 0 Å². The van der Waals surface area contributed by atoms with Crippen LogP contribution in [0, 0.1) is 5.92 Å². The number of hydrogen-bond acceptors (Lipinski definition) is 10. The number of amides is 3. The zero-order valence-corrected chi connectivity index (χ0v) is 27.0. The minimum Gasteiger partial charge on any atom is -0.494 e. The van der Waals surface area contributed by atoms with Gasteiger partial charge in [-0.1, -0.05) is 33.1 Å². The fraction of sp³-hybridized carbons (Fsp3) is 0.533. The van der Waals surface area contributed by atoms with E-state index in [0.717, 1.165) is 17.9 Å². The van der Waals surface area contributed by atoms with Crippen LogP contribution in [0.2, 0.25) is 0 Å². The van der Waals surface area contributed by atoms with Gasteiger partial charge in [-0.15, -0.1) is 0 Å². The van der Waals surface area contributed by atoms with Crippen LogP contribution in [-0.2, 0) is 19.2 Å². The molecule has 1 aromatic heterocycles. The summed E-state index contributed by atoms with van der Waals surface area (Å²) in [6, 6.07) is 6.97. The molecule has 4 N–H and O–H groups in total. The molecule has 13 nitrogen and oxygen atoms in total. The maximum Gasteiger partial charge on any atom is 0.534 e. The van der Waals surface area contributed by atoms with Crippen molar-refractivity contribution in [3.05, 3.63) is 36.1 Å². The van der Waals surface area contributed by atoms with Crippen LogP contribution >= 0.6 is 8.38 Å². The van der Waals surface area contributed by atoms with Crippen LogP contribution in [0.15, 0.2) is 34.7 Å². The molecule has 2 unspecified atom stereocenters. The molecular formula is C30H44N3O10P. The Balaban J connectivity index is 2.10. The van der Waals surface area contributed by atoms with Crippen LogP contribution in [0.4, 0.5) is 4.79 Å². The molecule has 0 aliphatic carbocycles. The quantitative estimate of drug-likeness (QED) is 0.0486. The van der Waals surface area contributed by atoms with Crippen molar-refractivity contribution in [1.82, 2.24) is 15.7 Å². The SMILES string of the molecule is CCCCCC(C(=O)NCNC(=O)c1ccc(-c2cc(OCC)cc(P(O)O)c2)o1)C(CC)N(C=O)OC(=O)OC(C)(C)C. The van der Waals surface area contributed by atoms with Crippen LogP contribution in [0.25, 0.3) is 11.3 Å². The molecule has 0 bridgehead atoms. The molecule has 3 amide bonds. The fourth-order valence-corrected chi connectivity index (χ4v) is 4.91. The summed E-state index contributed by atoms with van der Waals surface area (Å²) < 4.78 is 16.4. The second-order valence-corrected chi connectivity index (χ2v) is 12.0. The largest absolute Gasteiger partial charge is 0.534 e. The van der Waals surface area contributed by atoms with E-state index in [4.69, 9.17) is 18.7 Å². The summed E-state index contributed by atoms with van der Waals surface area (Å²) in [4.78, 5) is 74.7. The summed E-state index contributed by atoms with van der Waals surface area (Å²) in [6.07, 6.45) is 2.50. The van der Waals surface area contributed by atoms with E-state index in [1.165, 1.54) is 18.2 Å². The lowest BCUT2D eigenvalue weighted by atomic mass is 9.90. The first-order chi connectivity index (χ1) is 20.8. The number of hydroxylamine groups is 2. The third kappa shape index (κ3) is 11.4. The van der Waals surface area contributed by atoms with Crippen molar-refractivity contribution in [2.45, 2.75) is 85.3 Å². The summed E-state index contributed by atoms with van der Waals surface area (Å²) in [5.74, 6) is -1.07. The van der Waals surface area contributed by atoms with E-state index in [0.29, 0.717) is 49.4 Å². The number of unbranched alkanes of at least 4 members (excludes halogenated alkanes) is 2. The van der Waals surface area contributed by atoms with Crippen molar-refractivity contribution in [3.8, 4) is 17.1 Å².